The summed E-state index contributed by atoms with van der Waals surface area (Å²) < 4.78 is 11.3. The summed E-state index contributed by atoms with van der Waals surface area (Å²) in [4.78, 5) is 0. The SMILES string of the molecule is CCC1CCS(=O)CC(C)C1. The van der Waals surface area contributed by atoms with Gasteiger partial charge in [-0.15, -0.1) is 0 Å². The molecule has 0 aromatic rings. The highest BCUT2D eigenvalue weighted by Gasteiger charge is 2.18. The van der Waals surface area contributed by atoms with Crippen LogP contribution in [0.3, 0.4) is 0 Å². The first-order chi connectivity index (χ1) is 5.22. The lowest BCUT2D eigenvalue weighted by atomic mass is 9.93. The quantitative estimate of drug-likeness (QED) is 0.595. The monoisotopic (exact) mass is 174 g/mol. The molecule has 3 atom stereocenters. The zero-order chi connectivity index (χ0) is 8.27. The van der Waals surface area contributed by atoms with Crippen molar-refractivity contribution in [1.82, 2.24) is 0 Å². The molecule has 0 spiro atoms. The zero-order valence-electron chi connectivity index (χ0n) is 7.51. The molecule has 11 heavy (non-hydrogen) atoms. The van der Waals surface area contributed by atoms with Gasteiger partial charge in [-0.3, -0.25) is 4.21 Å². The molecule has 0 amide bonds. The van der Waals surface area contributed by atoms with Crippen LogP contribution in [0, 0.1) is 11.8 Å². The van der Waals surface area contributed by atoms with Crippen LogP contribution in [0.2, 0.25) is 0 Å². The average molecular weight is 174 g/mol. The number of rotatable bonds is 1. The highest BCUT2D eigenvalue weighted by Crippen LogP contribution is 2.23. The third kappa shape index (κ3) is 2.94. The second kappa shape index (κ2) is 4.24. The number of hydrogen-bond donors (Lipinski definition) is 0. The van der Waals surface area contributed by atoms with Crippen LogP contribution >= 0.6 is 0 Å². The highest BCUT2D eigenvalue weighted by atomic mass is 32.2. The second-order valence-corrected chi connectivity index (χ2v) is 5.34. The maximum Gasteiger partial charge on any atom is 0.0260 e. The molecule has 1 nitrogen and oxygen atoms in total. The Labute approximate surface area is 72.0 Å². The Morgan fingerprint density at radius 2 is 2.27 bits per heavy atom. The molecule has 1 rings (SSSR count). The van der Waals surface area contributed by atoms with Gasteiger partial charge < -0.3 is 0 Å². The van der Waals surface area contributed by atoms with E-state index in [9.17, 15) is 4.21 Å². The van der Waals surface area contributed by atoms with E-state index >= 15 is 0 Å². The predicted molar refractivity (Wildman–Crippen MR) is 50.1 cm³/mol. The molecule has 0 aliphatic carbocycles. The van der Waals surface area contributed by atoms with Gasteiger partial charge in [0.15, 0.2) is 0 Å². The molecule has 1 fully saturated rings. The van der Waals surface area contributed by atoms with Crippen molar-refractivity contribution >= 4 is 10.8 Å². The van der Waals surface area contributed by atoms with Crippen molar-refractivity contribution in [3.63, 3.8) is 0 Å². The van der Waals surface area contributed by atoms with Crippen molar-refractivity contribution in [1.29, 1.82) is 0 Å². The van der Waals surface area contributed by atoms with Crippen LogP contribution in [0.5, 0.6) is 0 Å². The van der Waals surface area contributed by atoms with Crippen molar-refractivity contribution in [2.45, 2.75) is 33.1 Å². The van der Waals surface area contributed by atoms with Gasteiger partial charge in [-0.2, -0.15) is 0 Å². The van der Waals surface area contributed by atoms with Crippen LogP contribution < -0.4 is 0 Å². The van der Waals surface area contributed by atoms with Crippen LogP contribution in [0.15, 0.2) is 0 Å². The Hall–Kier alpha value is 0.150. The normalized spacial score (nSPS) is 40.0. The summed E-state index contributed by atoms with van der Waals surface area (Å²) in [7, 11) is -0.510. The molecule has 1 aliphatic heterocycles. The van der Waals surface area contributed by atoms with E-state index in [-0.39, 0.29) is 0 Å². The molecule has 0 saturated carbocycles. The van der Waals surface area contributed by atoms with E-state index in [2.05, 4.69) is 13.8 Å². The van der Waals surface area contributed by atoms with Gasteiger partial charge in [0.2, 0.25) is 0 Å². The molecule has 0 aromatic carbocycles. The molecule has 2 heteroatoms. The van der Waals surface area contributed by atoms with Gasteiger partial charge in [-0.05, 0) is 24.7 Å². The van der Waals surface area contributed by atoms with Crippen LogP contribution in [0.1, 0.15) is 33.1 Å². The summed E-state index contributed by atoms with van der Waals surface area (Å²) in [5.41, 5.74) is 0. The average Bonchev–Trinajstić information content (AvgIpc) is 2.11. The lowest BCUT2D eigenvalue weighted by Crippen LogP contribution is -2.06. The fourth-order valence-electron chi connectivity index (χ4n) is 1.82. The largest absolute Gasteiger partial charge is 0.260 e. The van der Waals surface area contributed by atoms with Crippen LogP contribution in [0.25, 0.3) is 0 Å². The fraction of sp³-hybridized carbons (Fsp3) is 1.00. The van der Waals surface area contributed by atoms with E-state index in [4.69, 9.17) is 0 Å². The molecule has 1 saturated heterocycles. The highest BCUT2D eigenvalue weighted by molar-refractivity contribution is 7.84. The van der Waals surface area contributed by atoms with Crippen molar-refractivity contribution in [2.75, 3.05) is 11.5 Å². The molecular formula is C9H18OS. The maximum absolute atomic E-state index is 11.3. The third-order valence-electron chi connectivity index (χ3n) is 2.54. The summed E-state index contributed by atoms with van der Waals surface area (Å²) in [5.74, 6) is 3.42. The lowest BCUT2D eigenvalue weighted by Gasteiger charge is -2.12. The minimum absolute atomic E-state index is 0.510. The third-order valence-corrected chi connectivity index (χ3v) is 4.17. The zero-order valence-corrected chi connectivity index (χ0v) is 8.32. The van der Waals surface area contributed by atoms with Gasteiger partial charge in [-0.1, -0.05) is 20.3 Å². The summed E-state index contributed by atoms with van der Waals surface area (Å²) in [6.45, 7) is 4.47. The first-order valence-corrected chi connectivity index (χ1v) is 6.06. The van der Waals surface area contributed by atoms with Crippen LogP contribution in [0.4, 0.5) is 0 Å². The van der Waals surface area contributed by atoms with Gasteiger partial charge in [0.05, 0.1) is 0 Å². The van der Waals surface area contributed by atoms with E-state index < -0.39 is 10.8 Å². The topological polar surface area (TPSA) is 17.1 Å². The molecule has 0 aromatic heterocycles. The Balaban J connectivity index is 2.46. The summed E-state index contributed by atoms with van der Waals surface area (Å²) >= 11 is 0. The Morgan fingerprint density at radius 3 is 2.91 bits per heavy atom. The molecule has 3 unspecified atom stereocenters. The summed E-state index contributed by atoms with van der Waals surface area (Å²) in [6, 6.07) is 0. The van der Waals surface area contributed by atoms with E-state index in [1.54, 1.807) is 0 Å². The van der Waals surface area contributed by atoms with Crippen molar-refractivity contribution in [3.8, 4) is 0 Å². The first-order valence-electron chi connectivity index (χ1n) is 4.57. The van der Waals surface area contributed by atoms with Gasteiger partial charge in [0.1, 0.15) is 0 Å². The standard InChI is InChI=1S/C9H18OS/c1-3-9-4-5-11(10)7-8(2)6-9/h8-9H,3-7H2,1-2H3. The predicted octanol–water partition coefficient (Wildman–Crippen LogP) is 2.19. The molecule has 0 radical (unpaired) electrons. The minimum atomic E-state index is -0.510. The molecule has 1 aliphatic rings. The Morgan fingerprint density at radius 1 is 1.55 bits per heavy atom. The van der Waals surface area contributed by atoms with Gasteiger partial charge in [-0.25, -0.2) is 0 Å². The molecular weight excluding hydrogens is 156 g/mol. The Kier molecular flexibility index (Phi) is 3.57. The summed E-state index contributed by atoms with van der Waals surface area (Å²) in [5, 5.41) is 0. The van der Waals surface area contributed by atoms with Crippen molar-refractivity contribution in [2.24, 2.45) is 11.8 Å². The maximum atomic E-state index is 11.3. The first kappa shape index (κ1) is 9.24. The molecule has 0 N–H and O–H groups in total. The van der Waals surface area contributed by atoms with Crippen molar-refractivity contribution < 1.29 is 4.21 Å². The van der Waals surface area contributed by atoms with Crippen LogP contribution in [-0.2, 0) is 10.8 Å². The molecule has 66 valence electrons. The minimum Gasteiger partial charge on any atom is -0.260 e. The fourth-order valence-corrected chi connectivity index (χ4v) is 3.36. The van der Waals surface area contributed by atoms with E-state index in [1.165, 1.54) is 19.3 Å². The van der Waals surface area contributed by atoms with Gasteiger partial charge in [0.25, 0.3) is 0 Å². The van der Waals surface area contributed by atoms with E-state index in [0.717, 1.165) is 17.4 Å². The van der Waals surface area contributed by atoms with Crippen LogP contribution in [-0.4, -0.2) is 15.7 Å². The molecule has 0 bridgehead atoms. The van der Waals surface area contributed by atoms with E-state index in [1.807, 2.05) is 0 Å². The lowest BCUT2D eigenvalue weighted by molar-refractivity contribution is 0.402. The summed E-state index contributed by atoms with van der Waals surface area (Å²) in [6.07, 6.45) is 3.75. The van der Waals surface area contributed by atoms with E-state index in [0.29, 0.717) is 5.92 Å². The second-order valence-electron chi connectivity index (χ2n) is 3.71. The smallest absolute Gasteiger partial charge is 0.0260 e. The van der Waals surface area contributed by atoms with Crippen molar-refractivity contribution in [3.05, 3.63) is 0 Å². The van der Waals surface area contributed by atoms with Gasteiger partial charge >= 0.3 is 0 Å². The van der Waals surface area contributed by atoms with Gasteiger partial charge in [0, 0.05) is 22.3 Å². The Bertz CT molecular complexity index is 144. The number of hydrogen-bond acceptors (Lipinski definition) is 1. The molecule has 1 heterocycles.